The second-order valence-corrected chi connectivity index (χ2v) is 6.37. The van der Waals surface area contributed by atoms with Gasteiger partial charge in [0.25, 0.3) is 0 Å². The van der Waals surface area contributed by atoms with Gasteiger partial charge >= 0.3 is 5.97 Å². The molecule has 112 valence electrons. The molecule has 0 amide bonds. The molecule has 1 aromatic carbocycles. The van der Waals surface area contributed by atoms with E-state index in [0.29, 0.717) is 6.61 Å². The summed E-state index contributed by atoms with van der Waals surface area (Å²) in [5.74, 6) is 0.0734. The van der Waals surface area contributed by atoms with Crippen LogP contribution in [0.5, 0.6) is 0 Å². The van der Waals surface area contributed by atoms with E-state index in [1.54, 1.807) is 18.8 Å². The fourth-order valence-corrected chi connectivity index (χ4v) is 3.54. The number of aliphatic imine (C=N–C) groups is 1. The molecule has 0 radical (unpaired) electrons. The summed E-state index contributed by atoms with van der Waals surface area (Å²) in [4.78, 5) is 17.3. The van der Waals surface area contributed by atoms with E-state index < -0.39 is 0 Å². The number of hydrogen-bond acceptors (Lipinski definition) is 4. The van der Waals surface area contributed by atoms with Gasteiger partial charge in [0.1, 0.15) is 0 Å². The molecule has 0 unspecified atom stereocenters. The van der Waals surface area contributed by atoms with E-state index >= 15 is 0 Å². The summed E-state index contributed by atoms with van der Waals surface area (Å²) >= 11 is 1.56. The van der Waals surface area contributed by atoms with Crippen LogP contribution in [-0.4, -0.2) is 24.7 Å². The van der Waals surface area contributed by atoms with Gasteiger partial charge in [-0.05, 0) is 24.3 Å². The van der Waals surface area contributed by atoms with Crippen LogP contribution in [-0.2, 0) is 9.53 Å². The van der Waals surface area contributed by atoms with Gasteiger partial charge in [0, 0.05) is 18.9 Å². The molecule has 21 heavy (non-hydrogen) atoms. The Kier molecular flexibility index (Phi) is 5.23. The monoisotopic (exact) mass is 303 g/mol. The average molecular weight is 303 g/mol. The smallest absolute Gasteiger partial charge is 0.310 e. The Balaban J connectivity index is 2.17. The lowest BCUT2D eigenvalue weighted by Gasteiger charge is -2.04. The Morgan fingerprint density at radius 1 is 1.33 bits per heavy atom. The minimum atomic E-state index is -0.121. The van der Waals surface area contributed by atoms with Gasteiger partial charge in [0.15, 0.2) is 0 Å². The third kappa shape index (κ3) is 3.56. The number of benzene rings is 1. The van der Waals surface area contributed by atoms with E-state index in [1.165, 1.54) is 5.56 Å². The van der Waals surface area contributed by atoms with Crippen molar-refractivity contribution in [3.8, 4) is 0 Å². The quantitative estimate of drug-likeness (QED) is 0.471. The topological polar surface area (TPSA) is 38.7 Å². The normalized spacial score (nSPS) is 24.5. The number of allylic oxidation sites excluding steroid dienone is 1. The highest BCUT2D eigenvalue weighted by atomic mass is 32.2. The first-order valence-electron chi connectivity index (χ1n) is 7.11. The van der Waals surface area contributed by atoms with Crippen LogP contribution in [0.1, 0.15) is 25.3 Å². The maximum Gasteiger partial charge on any atom is 0.310 e. The van der Waals surface area contributed by atoms with Crippen LogP contribution in [0.3, 0.4) is 0 Å². The molecule has 0 aromatic heterocycles. The number of nitrogens with zero attached hydrogens (tertiary/aromatic N) is 1. The molecule has 0 N–H and O–H groups in total. The zero-order valence-electron chi connectivity index (χ0n) is 12.7. The van der Waals surface area contributed by atoms with Gasteiger partial charge < -0.3 is 4.74 Å². The van der Waals surface area contributed by atoms with Gasteiger partial charge in [0.05, 0.1) is 17.6 Å². The lowest BCUT2D eigenvalue weighted by atomic mass is 10.1. The van der Waals surface area contributed by atoms with E-state index in [1.807, 2.05) is 32.0 Å². The fraction of sp³-hybridized carbons (Fsp3) is 0.412. The lowest BCUT2D eigenvalue weighted by molar-refractivity contribution is -0.145. The Morgan fingerprint density at radius 2 is 2.00 bits per heavy atom. The highest BCUT2D eigenvalue weighted by molar-refractivity contribution is 8.17. The summed E-state index contributed by atoms with van der Waals surface area (Å²) in [7, 11) is 1.76. The number of rotatable bonds is 5. The summed E-state index contributed by atoms with van der Waals surface area (Å²) in [6.45, 7) is 8.35. The van der Waals surface area contributed by atoms with Crippen LogP contribution in [0.25, 0.3) is 0 Å². The molecule has 0 spiro atoms. The van der Waals surface area contributed by atoms with Crippen LogP contribution in [0, 0.1) is 11.8 Å². The van der Waals surface area contributed by atoms with E-state index in [4.69, 9.17) is 4.74 Å². The molecule has 0 bridgehead atoms. The van der Waals surface area contributed by atoms with Gasteiger partial charge in [-0.25, -0.2) is 0 Å². The highest BCUT2D eigenvalue weighted by Gasteiger charge is 2.57. The second-order valence-electron chi connectivity index (χ2n) is 5.05. The largest absolute Gasteiger partial charge is 0.466 e. The fourth-order valence-electron chi connectivity index (χ4n) is 2.64. The summed E-state index contributed by atoms with van der Waals surface area (Å²) < 4.78 is 5.21. The Morgan fingerprint density at radius 3 is 2.57 bits per heavy atom. The van der Waals surface area contributed by atoms with Gasteiger partial charge in [-0.15, -0.1) is 0 Å². The number of carbonyl (C=O) groups is 1. The number of carbonyl (C=O) groups excluding carboxylic acids is 1. The minimum absolute atomic E-state index is 0.114. The predicted octanol–water partition coefficient (Wildman–Crippen LogP) is 3.87. The van der Waals surface area contributed by atoms with Gasteiger partial charge in [-0.1, -0.05) is 48.7 Å². The summed E-state index contributed by atoms with van der Waals surface area (Å²) in [5.41, 5.74) is 1.17. The first-order chi connectivity index (χ1) is 10.1. The lowest BCUT2D eigenvalue weighted by Crippen LogP contribution is -2.08. The van der Waals surface area contributed by atoms with Gasteiger partial charge in [0.2, 0.25) is 0 Å². The molecule has 1 saturated carbocycles. The van der Waals surface area contributed by atoms with E-state index in [0.717, 1.165) is 9.95 Å². The van der Waals surface area contributed by atoms with Crippen molar-refractivity contribution in [2.45, 2.75) is 19.8 Å². The van der Waals surface area contributed by atoms with Crippen molar-refractivity contribution in [2.75, 3.05) is 13.7 Å². The van der Waals surface area contributed by atoms with Crippen molar-refractivity contribution in [3.63, 3.8) is 0 Å². The predicted molar refractivity (Wildman–Crippen MR) is 88.6 cm³/mol. The number of hydrogen-bond donors (Lipinski definition) is 0. The highest BCUT2D eigenvalue weighted by Crippen LogP contribution is 2.60. The second kappa shape index (κ2) is 6.94. The van der Waals surface area contributed by atoms with Crippen molar-refractivity contribution in [1.82, 2.24) is 0 Å². The van der Waals surface area contributed by atoms with Crippen LogP contribution in [0.15, 0.2) is 46.8 Å². The first-order valence-corrected chi connectivity index (χ1v) is 7.93. The van der Waals surface area contributed by atoms with E-state index in [-0.39, 0.29) is 23.7 Å². The van der Waals surface area contributed by atoms with Crippen molar-refractivity contribution in [2.24, 2.45) is 16.8 Å². The summed E-state index contributed by atoms with van der Waals surface area (Å²) in [6, 6.07) is 10.1. The molecular weight excluding hydrogens is 282 g/mol. The summed E-state index contributed by atoms with van der Waals surface area (Å²) in [6.07, 6.45) is 0. The average Bonchev–Trinajstić information content (AvgIpc) is 3.24. The molecule has 4 heteroatoms. The van der Waals surface area contributed by atoms with Crippen LogP contribution in [0.2, 0.25) is 0 Å². The van der Waals surface area contributed by atoms with E-state index in [2.05, 4.69) is 23.7 Å². The molecule has 1 aromatic rings. The van der Waals surface area contributed by atoms with Crippen LogP contribution in [0.4, 0.5) is 0 Å². The SMILES string of the molecule is C=C(SC(C)=NC)[C@H]1[C@H](C(=O)OCC)[C@@H]1c1ccccc1. The van der Waals surface area contributed by atoms with Crippen LogP contribution >= 0.6 is 11.8 Å². The molecule has 3 atom stereocenters. The molecule has 1 fully saturated rings. The van der Waals surface area contributed by atoms with E-state index in [9.17, 15) is 4.79 Å². The van der Waals surface area contributed by atoms with Crippen molar-refractivity contribution < 1.29 is 9.53 Å². The Labute approximate surface area is 130 Å². The number of thioether (sulfide) groups is 1. The summed E-state index contributed by atoms with van der Waals surface area (Å²) in [5, 5.41) is 0.960. The third-order valence-electron chi connectivity index (χ3n) is 3.73. The minimum Gasteiger partial charge on any atom is -0.466 e. The van der Waals surface area contributed by atoms with Crippen LogP contribution < -0.4 is 0 Å². The van der Waals surface area contributed by atoms with Crippen molar-refractivity contribution >= 4 is 22.8 Å². The van der Waals surface area contributed by atoms with Gasteiger partial charge in [-0.3, -0.25) is 9.79 Å². The van der Waals surface area contributed by atoms with Gasteiger partial charge in [-0.2, -0.15) is 0 Å². The molecule has 0 saturated heterocycles. The number of ether oxygens (including phenoxy) is 1. The third-order valence-corrected chi connectivity index (χ3v) is 4.74. The van der Waals surface area contributed by atoms with Crippen molar-refractivity contribution in [3.05, 3.63) is 47.4 Å². The van der Waals surface area contributed by atoms with Crippen molar-refractivity contribution in [1.29, 1.82) is 0 Å². The zero-order valence-corrected chi connectivity index (χ0v) is 13.5. The molecular formula is C17H21NO2S. The molecule has 1 aliphatic rings. The Hall–Kier alpha value is -1.55. The maximum absolute atomic E-state index is 12.2. The zero-order chi connectivity index (χ0) is 15.4. The molecule has 0 heterocycles. The maximum atomic E-state index is 12.2. The molecule has 3 nitrogen and oxygen atoms in total. The molecule has 0 aliphatic heterocycles. The standard InChI is InChI=1S/C17H21NO2S/c1-5-20-17(19)16-14(11(2)21-12(3)18-4)15(16)13-9-7-6-8-10-13/h6-10,14-16H,2,5H2,1,3-4H3/t14-,15-,16+/m1/s1. The molecule has 1 aliphatic carbocycles. The first kappa shape index (κ1) is 15.8. The number of esters is 1. The Bertz CT molecular complexity index is 553. The molecule has 2 rings (SSSR count).